The standard InChI is InChI=1S/C12H16ClN3O/c1-7-9-5-8(6-13)11(17)14-10(9)16(15-7)12(2,3)4/h5H,6H2,1-4H3,(H,14,17). The minimum atomic E-state index is -0.169. The minimum Gasteiger partial charge on any atom is -0.306 e. The molecule has 0 saturated carbocycles. The molecule has 0 aromatic carbocycles. The normalized spacial score (nSPS) is 12.3. The monoisotopic (exact) mass is 253 g/mol. The zero-order valence-electron chi connectivity index (χ0n) is 10.5. The summed E-state index contributed by atoms with van der Waals surface area (Å²) in [7, 11) is 0. The Morgan fingerprint density at radius 3 is 2.65 bits per heavy atom. The molecule has 0 radical (unpaired) electrons. The Bertz CT molecular complexity index is 619. The van der Waals surface area contributed by atoms with Crippen molar-refractivity contribution in [3.8, 4) is 0 Å². The van der Waals surface area contributed by atoms with E-state index < -0.39 is 0 Å². The number of alkyl halides is 1. The first kappa shape index (κ1) is 12.2. The molecule has 17 heavy (non-hydrogen) atoms. The number of hydrogen-bond donors (Lipinski definition) is 1. The van der Waals surface area contributed by atoms with Crippen molar-refractivity contribution in [2.45, 2.75) is 39.1 Å². The second kappa shape index (κ2) is 3.88. The lowest BCUT2D eigenvalue weighted by molar-refractivity contribution is 0.364. The first-order valence-electron chi connectivity index (χ1n) is 5.52. The van der Waals surface area contributed by atoms with Crippen LogP contribution in [0.2, 0.25) is 0 Å². The van der Waals surface area contributed by atoms with Crippen molar-refractivity contribution in [3.05, 3.63) is 27.7 Å². The molecule has 0 bridgehead atoms. The Hall–Kier alpha value is -1.29. The van der Waals surface area contributed by atoms with E-state index in [1.54, 1.807) is 0 Å². The van der Waals surface area contributed by atoms with Gasteiger partial charge in [0.25, 0.3) is 5.56 Å². The van der Waals surface area contributed by atoms with Crippen molar-refractivity contribution in [1.82, 2.24) is 14.8 Å². The molecule has 5 heteroatoms. The highest BCUT2D eigenvalue weighted by Crippen LogP contribution is 2.22. The molecule has 92 valence electrons. The first-order chi connectivity index (χ1) is 7.84. The zero-order valence-corrected chi connectivity index (χ0v) is 11.2. The Balaban J connectivity index is 2.84. The number of halogens is 1. The van der Waals surface area contributed by atoms with Gasteiger partial charge >= 0.3 is 0 Å². The molecule has 2 rings (SSSR count). The summed E-state index contributed by atoms with van der Waals surface area (Å²) in [6.07, 6.45) is 0. The van der Waals surface area contributed by atoms with Crippen LogP contribution in [0, 0.1) is 6.92 Å². The van der Waals surface area contributed by atoms with Gasteiger partial charge in [-0.25, -0.2) is 4.68 Å². The highest BCUT2D eigenvalue weighted by atomic mass is 35.5. The van der Waals surface area contributed by atoms with Gasteiger partial charge in [0, 0.05) is 10.9 Å². The van der Waals surface area contributed by atoms with E-state index in [0.717, 1.165) is 16.7 Å². The fraction of sp³-hybridized carbons (Fsp3) is 0.500. The maximum atomic E-state index is 11.8. The molecular weight excluding hydrogens is 238 g/mol. The fourth-order valence-electron chi connectivity index (χ4n) is 1.84. The number of aryl methyl sites for hydroxylation is 1. The highest BCUT2D eigenvalue weighted by Gasteiger charge is 2.20. The summed E-state index contributed by atoms with van der Waals surface area (Å²) in [5, 5.41) is 5.43. The molecule has 0 atom stereocenters. The van der Waals surface area contributed by atoms with Crippen LogP contribution in [0.15, 0.2) is 10.9 Å². The zero-order chi connectivity index (χ0) is 12.8. The molecule has 0 aliphatic carbocycles. The Kier molecular flexibility index (Phi) is 2.78. The number of fused-ring (bicyclic) bond motifs is 1. The van der Waals surface area contributed by atoms with E-state index in [4.69, 9.17) is 11.6 Å². The largest absolute Gasteiger partial charge is 0.306 e. The van der Waals surface area contributed by atoms with Crippen LogP contribution in [0.1, 0.15) is 32.0 Å². The third kappa shape index (κ3) is 1.97. The summed E-state index contributed by atoms with van der Waals surface area (Å²) in [4.78, 5) is 14.6. The van der Waals surface area contributed by atoms with Crippen LogP contribution in [-0.4, -0.2) is 14.8 Å². The molecule has 2 aromatic heterocycles. The first-order valence-corrected chi connectivity index (χ1v) is 6.06. The number of aromatic amines is 1. The van der Waals surface area contributed by atoms with E-state index in [2.05, 4.69) is 10.1 Å². The predicted octanol–water partition coefficient (Wildman–Crippen LogP) is 2.53. The van der Waals surface area contributed by atoms with Crippen LogP contribution in [0.5, 0.6) is 0 Å². The molecule has 1 N–H and O–H groups in total. The van der Waals surface area contributed by atoms with Gasteiger partial charge in [0.1, 0.15) is 5.65 Å². The topological polar surface area (TPSA) is 50.7 Å². The second-order valence-corrected chi connectivity index (χ2v) is 5.45. The van der Waals surface area contributed by atoms with Gasteiger partial charge in [-0.15, -0.1) is 11.6 Å². The molecule has 0 amide bonds. The number of H-pyrrole nitrogens is 1. The predicted molar refractivity (Wildman–Crippen MR) is 69.6 cm³/mol. The van der Waals surface area contributed by atoms with E-state index in [9.17, 15) is 4.79 Å². The number of nitrogens with one attached hydrogen (secondary N) is 1. The second-order valence-electron chi connectivity index (χ2n) is 5.19. The Labute approximate surface area is 105 Å². The van der Waals surface area contributed by atoms with Crippen LogP contribution in [0.3, 0.4) is 0 Å². The van der Waals surface area contributed by atoms with Gasteiger partial charge in [-0.3, -0.25) is 4.79 Å². The van der Waals surface area contributed by atoms with Gasteiger partial charge in [-0.2, -0.15) is 5.10 Å². The van der Waals surface area contributed by atoms with Crippen LogP contribution >= 0.6 is 11.6 Å². The maximum Gasteiger partial charge on any atom is 0.253 e. The molecule has 2 aromatic rings. The maximum absolute atomic E-state index is 11.8. The van der Waals surface area contributed by atoms with Crippen molar-refractivity contribution in [2.75, 3.05) is 0 Å². The summed E-state index contributed by atoms with van der Waals surface area (Å²) < 4.78 is 1.84. The van der Waals surface area contributed by atoms with E-state index in [0.29, 0.717) is 5.56 Å². The number of hydrogen-bond acceptors (Lipinski definition) is 2. The average Bonchev–Trinajstić information content (AvgIpc) is 2.54. The smallest absolute Gasteiger partial charge is 0.253 e. The van der Waals surface area contributed by atoms with Gasteiger partial charge in [-0.05, 0) is 33.8 Å². The van der Waals surface area contributed by atoms with E-state index in [1.165, 1.54) is 0 Å². The fourth-order valence-corrected chi connectivity index (χ4v) is 2.04. The SMILES string of the molecule is Cc1nn(C(C)(C)C)c2[nH]c(=O)c(CCl)cc12. The summed E-state index contributed by atoms with van der Waals surface area (Å²) in [6, 6.07) is 1.83. The molecule has 0 spiro atoms. The van der Waals surface area contributed by atoms with Crippen molar-refractivity contribution >= 4 is 22.6 Å². The van der Waals surface area contributed by atoms with Gasteiger partial charge in [0.15, 0.2) is 0 Å². The van der Waals surface area contributed by atoms with E-state index >= 15 is 0 Å². The number of aromatic nitrogens is 3. The minimum absolute atomic E-state index is 0.141. The van der Waals surface area contributed by atoms with Crippen molar-refractivity contribution in [1.29, 1.82) is 0 Å². The third-order valence-corrected chi connectivity index (χ3v) is 3.02. The molecule has 0 saturated heterocycles. The lowest BCUT2D eigenvalue weighted by Crippen LogP contribution is -2.24. The Morgan fingerprint density at radius 1 is 1.47 bits per heavy atom. The van der Waals surface area contributed by atoms with Crippen molar-refractivity contribution < 1.29 is 0 Å². The van der Waals surface area contributed by atoms with Gasteiger partial charge in [-0.1, -0.05) is 0 Å². The molecule has 0 aliphatic rings. The summed E-state index contributed by atoms with van der Waals surface area (Å²) >= 11 is 5.73. The summed E-state index contributed by atoms with van der Waals surface area (Å²) in [5.74, 6) is 0.214. The molecule has 0 fully saturated rings. The molecule has 0 unspecified atom stereocenters. The lowest BCUT2D eigenvalue weighted by Gasteiger charge is -2.20. The Morgan fingerprint density at radius 2 is 2.12 bits per heavy atom. The molecule has 2 heterocycles. The number of nitrogens with zero attached hydrogens (tertiary/aromatic N) is 2. The van der Waals surface area contributed by atoms with Gasteiger partial charge in [0.05, 0.1) is 17.1 Å². The molecule has 4 nitrogen and oxygen atoms in total. The summed E-state index contributed by atoms with van der Waals surface area (Å²) in [5.41, 5.74) is 1.93. The highest BCUT2D eigenvalue weighted by molar-refractivity contribution is 6.17. The van der Waals surface area contributed by atoms with Gasteiger partial charge < -0.3 is 4.98 Å². The summed E-state index contributed by atoms with van der Waals surface area (Å²) in [6.45, 7) is 8.08. The van der Waals surface area contributed by atoms with Crippen LogP contribution < -0.4 is 5.56 Å². The number of rotatable bonds is 1. The van der Waals surface area contributed by atoms with E-state index in [-0.39, 0.29) is 17.0 Å². The number of pyridine rings is 1. The van der Waals surface area contributed by atoms with E-state index in [1.807, 2.05) is 38.4 Å². The molecule has 0 aliphatic heterocycles. The van der Waals surface area contributed by atoms with Gasteiger partial charge in [0.2, 0.25) is 0 Å². The lowest BCUT2D eigenvalue weighted by atomic mass is 10.1. The average molecular weight is 254 g/mol. The van der Waals surface area contributed by atoms with Crippen LogP contribution in [-0.2, 0) is 11.4 Å². The third-order valence-electron chi connectivity index (χ3n) is 2.73. The van der Waals surface area contributed by atoms with Crippen LogP contribution in [0.25, 0.3) is 11.0 Å². The van der Waals surface area contributed by atoms with Crippen molar-refractivity contribution in [2.24, 2.45) is 0 Å². The molecular formula is C12H16ClN3O. The van der Waals surface area contributed by atoms with Crippen molar-refractivity contribution in [3.63, 3.8) is 0 Å². The van der Waals surface area contributed by atoms with Crippen LogP contribution in [0.4, 0.5) is 0 Å². The quantitative estimate of drug-likeness (QED) is 0.794.